The highest BCUT2D eigenvalue weighted by Gasteiger charge is 2.23. The summed E-state index contributed by atoms with van der Waals surface area (Å²) in [5.41, 5.74) is 3.50. The number of aryl methyl sites for hydroxylation is 1. The van der Waals surface area contributed by atoms with Crippen LogP contribution in [0.1, 0.15) is 47.9 Å². The summed E-state index contributed by atoms with van der Waals surface area (Å²) in [6.07, 6.45) is 0.904. The minimum Gasteiger partial charge on any atom is -0.353 e. The molecule has 1 aliphatic heterocycles. The van der Waals surface area contributed by atoms with E-state index in [9.17, 15) is 4.79 Å². The molecule has 1 amide bonds. The molecule has 0 radical (unpaired) electrons. The smallest absolute Gasteiger partial charge is 0.254 e. The lowest BCUT2D eigenvalue weighted by Crippen LogP contribution is -2.35. The van der Waals surface area contributed by atoms with Crippen LogP contribution in [-0.4, -0.2) is 52.2 Å². The summed E-state index contributed by atoms with van der Waals surface area (Å²) in [4.78, 5) is 22.4. The van der Waals surface area contributed by atoms with Crippen LogP contribution < -0.4 is 4.90 Å². The van der Waals surface area contributed by atoms with E-state index in [0.29, 0.717) is 6.54 Å². The van der Waals surface area contributed by atoms with Crippen LogP contribution in [0.2, 0.25) is 0 Å². The Morgan fingerprint density at radius 1 is 1.00 bits per heavy atom. The number of anilines is 1. The summed E-state index contributed by atoms with van der Waals surface area (Å²) in [5, 5.41) is 9.40. The Labute approximate surface area is 171 Å². The van der Waals surface area contributed by atoms with Gasteiger partial charge in [0.2, 0.25) is 0 Å². The van der Waals surface area contributed by atoms with Crippen molar-refractivity contribution in [3.63, 3.8) is 0 Å². The molecule has 0 bridgehead atoms. The summed E-state index contributed by atoms with van der Waals surface area (Å²) in [6, 6.07) is 13.9. The van der Waals surface area contributed by atoms with Crippen molar-refractivity contribution in [1.82, 2.24) is 20.1 Å². The highest BCUT2D eigenvalue weighted by atomic mass is 16.2. The van der Waals surface area contributed by atoms with Gasteiger partial charge in [0.15, 0.2) is 5.82 Å². The number of fused-ring (bicyclic) bond motifs is 1. The number of benzene rings is 1. The van der Waals surface area contributed by atoms with Gasteiger partial charge in [0, 0.05) is 37.3 Å². The quantitative estimate of drug-likeness (QED) is 0.682. The van der Waals surface area contributed by atoms with Gasteiger partial charge in [-0.25, -0.2) is 0 Å². The number of aromatic nitrogens is 3. The summed E-state index contributed by atoms with van der Waals surface area (Å²) in [5.74, 6) is 1.23. The molecule has 3 aromatic rings. The molecule has 0 N–H and O–H groups in total. The number of carbonyl (C=O) groups is 1. The Morgan fingerprint density at radius 3 is 2.59 bits per heavy atom. The number of hydrogen-bond donors (Lipinski definition) is 0. The first kappa shape index (κ1) is 19.3. The Balaban J connectivity index is 1.59. The molecule has 3 heterocycles. The summed E-state index contributed by atoms with van der Waals surface area (Å²) < 4.78 is 0. The molecule has 1 aliphatic rings. The number of rotatable bonds is 3. The second kappa shape index (κ2) is 8.15. The van der Waals surface area contributed by atoms with Crippen molar-refractivity contribution in [1.29, 1.82) is 0 Å². The van der Waals surface area contributed by atoms with Gasteiger partial charge in [-0.05, 0) is 43.5 Å². The molecular weight excluding hydrogens is 362 g/mol. The molecule has 4 rings (SSSR count). The molecule has 1 saturated heterocycles. The monoisotopic (exact) mass is 389 g/mol. The average molecular weight is 390 g/mol. The zero-order chi connectivity index (χ0) is 20.4. The van der Waals surface area contributed by atoms with Crippen LogP contribution in [0.15, 0.2) is 42.5 Å². The van der Waals surface area contributed by atoms with Crippen LogP contribution in [0.3, 0.4) is 0 Å². The van der Waals surface area contributed by atoms with Crippen LogP contribution in [0, 0.1) is 6.92 Å². The highest BCUT2D eigenvalue weighted by molar-refractivity contribution is 6.06. The van der Waals surface area contributed by atoms with Gasteiger partial charge >= 0.3 is 0 Å². The van der Waals surface area contributed by atoms with Crippen molar-refractivity contribution in [2.75, 3.05) is 31.1 Å². The van der Waals surface area contributed by atoms with Crippen molar-refractivity contribution in [2.24, 2.45) is 0 Å². The van der Waals surface area contributed by atoms with Crippen molar-refractivity contribution in [2.45, 2.75) is 33.1 Å². The maximum Gasteiger partial charge on any atom is 0.254 e. The van der Waals surface area contributed by atoms with Crippen molar-refractivity contribution in [3.8, 4) is 0 Å². The molecule has 0 atom stereocenters. The predicted octanol–water partition coefficient (Wildman–Crippen LogP) is 3.81. The van der Waals surface area contributed by atoms with E-state index in [2.05, 4.69) is 28.9 Å². The molecule has 0 spiro atoms. The summed E-state index contributed by atoms with van der Waals surface area (Å²) in [7, 11) is 0. The van der Waals surface area contributed by atoms with Crippen LogP contribution in [0.25, 0.3) is 10.9 Å². The van der Waals surface area contributed by atoms with Gasteiger partial charge in [-0.3, -0.25) is 9.78 Å². The lowest BCUT2D eigenvalue weighted by Gasteiger charge is -2.23. The molecule has 0 aliphatic carbocycles. The predicted molar refractivity (Wildman–Crippen MR) is 115 cm³/mol. The second-order valence-corrected chi connectivity index (χ2v) is 7.93. The first-order chi connectivity index (χ1) is 14.0. The van der Waals surface area contributed by atoms with Gasteiger partial charge in [0.05, 0.1) is 16.8 Å². The zero-order valence-corrected chi connectivity index (χ0v) is 17.3. The minimum atomic E-state index is 0.0855. The molecule has 150 valence electrons. The Morgan fingerprint density at radius 2 is 1.83 bits per heavy atom. The van der Waals surface area contributed by atoms with Gasteiger partial charge in [0.25, 0.3) is 5.91 Å². The maximum atomic E-state index is 13.5. The van der Waals surface area contributed by atoms with Gasteiger partial charge in [-0.1, -0.05) is 32.0 Å². The number of pyridine rings is 1. The molecule has 6 heteroatoms. The number of nitrogens with zero attached hydrogens (tertiary/aromatic N) is 5. The summed E-state index contributed by atoms with van der Waals surface area (Å²) >= 11 is 0. The van der Waals surface area contributed by atoms with E-state index in [0.717, 1.165) is 59.7 Å². The lowest BCUT2D eigenvalue weighted by molar-refractivity contribution is 0.0769. The number of hydrogen-bond acceptors (Lipinski definition) is 5. The molecule has 0 saturated carbocycles. The first-order valence-corrected chi connectivity index (χ1v) is 10.3. The molecule has 0 unspecified atom stereocenters. The standard InChI is InChI=1S/C23H27N5O/c1-16(2)21-15-19(18-7-4-5-8-20(18)24-21)23(29)28-12-6-11-27(13-14-28)22-10-9-17(3)25-26-22/h4-5,7-10,15-16H,6,11-14H2,1-3H3. The van der Waals surface area contributed by atoms with Crippen molar-refractivity contribution < 1.29 is 4.79 Å². The number of amides is 1. The third-order valence-electron chi connectivity index (χ3n) is 5.45. The van der Waals surface area contributed by atoms with Crippen LogP contribution in [0.5, 0.6) is 0 Å². The maximum absolute atomic E-state index is 13.5. The van der Waals surface area contributed by atoms with E-state index in [1.807, 2.05) is 54.3 Å². The fourth-order valence-electron chi connectivity index (χ4n) is 3.75. The molecular formula is C23H27N5O. The Kier molecular flexibility index (Phi) is 5.43. The number of carbonyl (C=O) groups excluding carboxylic acids is 1. The third kappa shape index (κ3) is 4.06. The fourth-order valence-corrected chi connectivity index (χ4v) is 3.75. The van der Waals surface area contributed by atoms with Crippen LogP contribution in [-0.2, 0) is 0 Å². The minimum absolute atomic E-state index is 0.0855. The van der Waals surface area contributed by atoms with Crippen LogP contribution in [0.4, 0.5) is 5.82 Å². The second-order valence-electron chi connectivity index (χ2n) is 7.93. The highest BCUT2D eigenvalue weighted by Crippen LogP contribution is 2.24. The van der Waals surface area contributed by atoms with E-state index in [1.165, 1.54) is 0 Å². The normalized spacial score (nSPS) is 15.0. The van der Waals surface area contributed by atoms with Crippen LogP contribution >= 0.6 is 0 Å². The van der Waals surface area contributed by atoms with E-state index in [-0.39, 0.29) is 11.8 Å². The van der Waals surface area contributed by atoms with Gasteiger partial charge < -0.3 is 9.80 Å². The fraction of sp³-hybridized carbons (Fsp3) is 0.391. The molecule has 2 aromatic heterocycles. The van der Waals surface area contributed by atoms with Gasteiger partial charge in [-0.15, -0.1) is 5.10 Å². The molecule has 1 fully saturated rings. The Hall–Kier alpha value is -3.02. The Bertz CT molecular complexity index is 1020. The van der Waals surface area contributed by atoms with E-state index in [4.69, 9.17) is 4.98 Å². The molecule has 29 heavy (non-hydrogen) atoms. The SMILES string of the molecule is Cc1ccc(N2CCCN(C(=O)c3cc(C(C)C)nc4ccccc34)CC2)nn1. The first-order valence-electron chi connectivity index (χ1n) is 10.3. The van der Waals surface area contributed by atoms with E-state index < -0.39 is 0 Å². The summed E-state index contributed by atoms with van der Waals surface area (Å²) in [6.45, 7) is 9.18. The third-order valence-corrected chi connectivity index (χ3v) is 5.45. The zero-order valence-electron chi connectivity index (χ0n) is 17.3. The molecule has 1 aromatic carbocycles. The van der Waals surface area contributed by atoms with E-state index in [1.54, 1.807) is 0 Å². The van der Waals surface area contributed by atoms with Gasteiger partial charge in [-0.2, -0.15) is 5.10 Å². The van der Waals surface area contributed by atoms with E-state index >= 15 is 0 Å². The average Bonchev–Trinajstić information content (AvgIpc) is 2.99. The topological polar surface area (TPSA) is 62.2 Å². The van der Waals surface area contributed by atoms with Crippen molar-refractivity contribution in [3.05, 3.63) is 59.4 Å². The lowest BCUT2D eigenvalue weighted by atomic mass is 10.0. The number of para-hydroxylation sites is 1. The molecule has 6 nitrogen and oxygen atoms in total. The largest absolute Gasteiger partial charge is 0.353 e. The van der Waals surface area contributed by atoms with Crippen molar-refractivity contribution >= 4 is 22.6 Å². The van der Waals surface area contributed by atoms with Gasteiger partial charge in [0.1, 0.15) is 0 Å².